The van der Waals surface area contributed by atoms with Crippen LogP contribution in [-0.2, 0) is 0 Å². The maximum Gasteiger partial charge on any atom is 0.293 e. The predicted molar refractivity (Wildman–Crippen MR) is 77.0 cm³/mol. The van der Waals surface area contributed by atoms with Crippen molar-refractivity contribution in [2.24, 2.45) is 0 Å². The van der Waals surface area contributed by atoms with Crippen LogP contribution in [0.4, 0.5) is 11.4 Å². The smallest absolute Gasteiger partial charge is 0.293 e. The quantitative estimate of drug-likeness (QED) is 0.618. The second kappa shape index (κ2) is 6.36. The highest BCUT2D eigenvalue weighted by Gasteiger charge is 2.22. The summed E-state index contributed by atoms with van der Waals surface area (Å²) in [5, 5.41) is 17.0. The molecule has 0 atom stereocenters. The third-order valence-electron chi connectivity index (χ3n) is 3.46. The van der Waals surface area contributed by atoms with Crippen molar-refractivity contribution in [2.75, 3.05) is 11.9 Å². The summed E-state index contributed by atoms with van der Waals surface area (Å²) in [5.74, 6) is -0.236. The van der Waals surface area contributed by atoms with Crippen molar-refractivity contribution in [2.45, 2.75) is 38.6 Å². The molecule has 20 heavy (non-hydrogen) atoms. The van der Waals surface area contributed by atoms with E-state index in [1.807, 2.05) is 6.92 Å². The first-order valence-electron chi connectivity index (χ1n) is 6.95. The number of anilines is 1. The summed E-state index contributed by atoms with van der Waals surface area (Å²) in [6.07, 6.45) is 3.99. The molecule has 0 unspecified atom stereocenters. The van der Waals surface area contributed by atoms with Crippen molar-refractivity contribution in [3.63, 3.8) is 0 Å². The maximum atomic E-state index is 12.0. The van der Waals surface area contributed by atoms with Crippen LogP contribution in [0.15, 0.2) is 18.2 Å². The summed E-state index contributed by atoms with van der Waals surface area (Å²) < 4.78 is 0. The molecule has 1 aliphatic rings. The van der Waals surface area contributed by atoms with Crippen LogP contribution in [0, 0.1) is 10.1 Å². The molecule has 6 heteroatoms. The van der Waals surface area contributed by atoms with Crippen molar-refractivity contribution in [3.8, 4) is 0 Å². The number of nitrogens with one attached hydrogen (secondary N) is 2. The fourth-order valence-corrected chi connectivity index (χ4v) is 2.05. The molecule has 0 radical (unpaired) electrons. The molecular weight excluding hydrogens is 258 g/mol. The fourth-order valence-electron chi connectivity index (χ4n) is 2.05. The topological polar surface area (TPSA) is 84.3 Å². The Morgan fingerprint density at radius 1 is 1.45 bits per heavy atom. The van der Waals surface area contributed by atoms with E-state index in [2.05, 4.69) is 10.6 Å². The van der Waals surface area contributed by atoms with Crippen LogP contribution in [0.25, 0.3) is 0 Å². The van der Waals surface area contributed by atoms with Crippen LogP contribution in [-0.4, -0.2) is 23.4 Å². The molecule has 0 aliphatic heterocycles. The van der Waals surface area contributed by atoms with E-state index in [-0.39, 0.29) is 17.6 Å². The van der Waals surface area contributed by atoms with Crippen molar-refractivity contribution >= 4 is 17.3 Å². The normalized spacial score (nSPS) is 14.4. The summed E-state index contributed by atoms with van der Waals surface area (Å²) in [6.45, 7) is 2.65. The van der Waals surface area contributed by atoms with Gasteiger partial charge in [0.05, 0.1) is 4.92 Å². The molecule has 1 fully saturated rings. The first-order valence-corrected chi connectivity index (χ1v) is 6.95. The van der Waals surface area contributed by atoms with Gasteiger partial charge in [0.1, 0.15) is 5.69 Å². The first kappa shape index (κ1) is 14.3. The lowest BCUT2D eigenvalue weighted by molar-refractivity contribution is -0.384. The average Bonchev–Trinajstić information content (AvgIpc) is 2.40. The highest BCUT2D eigenvalue weighted by atomic mass is 16.6. The van der Waals surface area contributed by atoms with Gasteiger partial charge < -0.3 is 10.6 Å². The molecule has 1 saturated carbocycles. The van der Waals surface area contributed by atoms with Gasteiger partial charge >= 0.3 is 0 Å². The van der Waals surface area contributed by atoms with E-state index in [0.29, 0.717) is 17.8 Å². The number of amides is 1. The number of nitro benzene ring substituents is 1. The zero-order valence-corrected chi connectivity index (χ0v) is 11.5. The Balaban J connectivity index is 2.15. The Hall–Kier alpha value is -2.11. The molecule has 1 aliphatic carbocycles. The van der Waals surface area contributed by atoms with E-state index in [0.717, 1.165) is 25.7 Å². The number of rotatable bonds is 6. The number of nitro groups is 1. The molecular formula is C14H19N3O3. The monoisotopic (exact) mass is 277 g/mol. The van der Waals surface area contributed by atoms with Gasteiger partial charge in [0, 0.05) is 24.2 Å². The lowest BCUT2D eigenvalue weighted by Crippen LogP contribution is -2.39. The van der Waals surface area contributed by atoms with Crippen LogP contribution in [0.2, 0.25) is 0 Å². The van der Waals surface area contributed by atoms with Gasteiger partial charge in [0.15, 0.2) is 0 Å². The third kappa shape index (κ3) is 3.26. The van der Waals surface area contributed by atoms with Gasteiger partial charge in [-0.2, -0.15) is 0 Å². The summed E-state index contributed by atoms with van der Waals surface area (Å²) in [5.41, 5.74) is 0.738. The number of hydrogen-bond donors (Lipinski definition) is 2. The van der Waals surface area contributed by atoms with E-state index >= 15 is 0 Å². The van der Waals surface area contributed by atoms with E-state index < -0.39 is 4.92 Å². The van der Waals surface area contributed by atoms with E-state index in [1.54, 1.807) is 12.1 Å². The maximum absolute atomic E-state index is 12.0. The minimum Gasteiger partial charge on any atom is -0.380 e. The number of carbonyl (C=O) groups excluding carboxylic acids is 1. The molecule has 2 N–H and O–H groups in total. The largest absolute Gasteiger partial charge is 0.380 e. The van der Waals surface area contributed by atoms with Crippen LogP contribution < -0.4 is 10.6 Å². The Morgan fingerprint density at radius 3 is 2.75 bits per heavy atom. The first-order chi connectivity index (χ1) is 9.61. The van der Waals surface area contributed by atoms with Crippen molar-refractivity contribution in [1.82, 2.24) is 5.32 Å². The summed E-state index contributed by atoms with van der Waals surface area (Å²) in [4.78, 5) is 22.6. The highest BCUT2D eigenvalue weighted by Crippen LogP contribution is 2.26. The lowest BCUT2D eigenvalue weighted by atomic mass is 9.93. The minimum atomic E-state index is -0.460. The van der Waals surface area contributed by atoms with E-state index in [4.69, 9.17) is 0 Å². The summed E-state index contributed by atoms with van der Waals surface area (Å²) in [7, 11) is 0. The molecule has 0 bridgehead atoms. The number of benzene rings is 1. The second-order valence-electron chi connectivity index (χ2n) is 5.02. The molecule has 1 aromatic carbocycles. The van der Waals surface area contributed by atoms with Gasteiger partial charge in [0.25, 0.3) is 11.6 Å². The van der Waals surface area contributed by atoms with E-state index in [9.17, 15) is 14.9 Å². The molecule has 6 nitrogen and oxygen atoms in total. The average molecular weight is 277 g/mol. The Bertz CT molecular complexity index is 512. The molecule has 2 rings (SSSR count). The van der Waals surface area contributed by atoms with Crippen molar-refractivity contribution in [1.29, 1.82) is 0 Å². The van der Waals surface area contributed by atoms with Gasteiger partial charge in [-0.05, 0) is 37.8 Å². The minimum absolute atomic E-state index is 0.0558. The summed E-state index contributed by atoms with van der Waals surface area (Å²) in [6, 6.07) is 4.79. The highest BCUT2D eigenvalue weighted by molar-refractivity contribution is 5.96. The van der Waals surface area contributed by atoms with Crippen LogP contribution in [0.3, 0.4) is 0 Å². The zero-order chi connectivity index (χ0) is 14.5. The standard InChI is InChI=1S/C14H19N3O3/c1-2-8-15-12-7-6-10(9-13(12)17(19)20)14(18)16-11-4-3-5-11/h6-7,9,11,15H,2-5,8H2,1H3,(H,16,18). The SMILES string of the molecule is CCCNc1ccc(C(=O)NC2CCC2)cc1[N+](=O)[O-]. The predicted octanol–water partition coefficient (Wildman–Crippen LogP) is 2.70. The molecule has 0 saturated heterocycles. The van der Waals surface area contributed by atoms with Crippen LogP contribution in [0.1, 0.15) is 43.0 Å². The van der Waals surface area contributed by atoms with Crippen LogP contribution in [0.5, 0.6) is 0 Å². The number of nitrogens with zero attached hydrogens (tertiary/aromatic N) is 1. The molecule has 1 amide bonds. The van der Waals surface area contributed by atoms with Gasteiger partial charge in [-0.15, -0.1) is 0 Å². The molecule has 0 spiro atoms. The third-order valence-corrected chi connectivity index (χ3v) is 3.46. The second-order valence-corrected chi connectivity index (χ2v) is 5.02. The molecule has 1 aromatic rings. The summed E-state index contributed by atoms with van der Waals surface area (Å²) >= 11 is 0. The zero-order valence-electron chi connectivity index (χ0n) is 11.5. The lowest BCUT2D eigenvalue weighted by Gasteiger charge is -2.26. The van der Waals surface area contributed by atoms with Gasteiger partial charge in [0.2, 0.25) is 0 Å². The molecule has 108 valence electrons. The number of hydrogen-bond acceptors (Lipinski definition) is 4. The van der Waals surface area contributed by atoms with Gasteiger partial charge in [-0.3, -0.25) is 14.9 Å². The van der Waals surface area contributed by atoms with E-state index in [1.165, 1.54) is 6.07 Å². The fraction of sp³-hybridized carbons (Fsp3) is 0.500. The van der Waals surface area contributed by atoms with Crippen molar-refractivity contribution < 1.29 is 9.72 Å². The Kier molecular flexibility index (Phi) is 4.55. The van der Waals surface area contributed by atoms with Gasteiger partial charge in [-0.25, -0.2) is 0 Å². The molecule has 0 heterocycles. The van der Waals surface area contributed by atoms with Gasteiger partial charge in [-0.1, -0.05) is 6.92 Å². The number of carbonyl (C=O) groups is 1. The van der Waals surface area contributed by atoms with Crippen LogP contribution >= 0.6 is 0 Å². The Labute approximate surface area is 117 Å². The molecule has 0 aromatic heterocycles. The van der Waals surface area contributed by atoms with Crippen molar-refractivity contribution in [3.05, 3.63) is 33.9 Å². The Morgan fingerprint density at radius 2 is 2.20 bits per heavy atom.